The van der Waals surface area contributed by atoms with Gasteiger partial charge in [0.2, 0.25) is 0 Å². The third-order valence-corrected chi connectivity index (χ3v) is 6.78. The molecule has 2 N–H and O–H groups in total. The second kappa shape index (κ2) is 9.91. The van der Waals surface area contributed by atoms with Crippen LogP contribution >= 0.6 is 11.3 Å². The molecule has 1 unspecified atom stereocenters. The van der Waals surface area contributed by atoms with E-state index in [0.717, 1.165) is 39.4 Å². The zero-order valence-electron chi connectivity index (χ0n) is 19.0. The van der Waals surface area contributed by atoms with Crippen LogP contribution in [0.25, 0.3) is 21.5 Å². The lowest BCUT2D eigenvalue weighted by atomic mass is 9.87. The van der Waals surface area contributed by atoms with Crippen molar-refractivity contribution < 1.29 is 9.53 Å². The van der Waals surface area contributed by atoms with Gasteiger partial charge in [0, 0.05) is 31.2 Å². The van der Waals surface area contributed by atoms with E-state index in [2.05, 4.69) is 50.5 Å². The number of aromatic nitrogens is 4. The Balaban J connectivity index is 1.51. The maximum atomic E-state index is 12.3. The third kappa shape index (κ3) is 4.78. The predicted molar refractivity (Wildman–Crippen MR) is 131 cm³/mol. The Hall–Kier alpha value is -3.59. The van der Waals surface area contributed by atoms with Gasteiger partial charge < -0.3 is 15.4 Å². The second-order valence-corrected chi connectivity index (χ2v) is 8.80. The van der Waals surface area contributed by atoms with Gasteiger partial charge in [-0.15, -0.1) is 0 Å². The van der Waals surface area contributed by atoms with E-state index in [-0.39, 0.29) is 17.7 Å². The van der Waals surface area contributed by atoms with Crippen LogP contribution in [0.15, 0.2) is 49.1 Å². The summed E-state index contributed by atoms with van der Waals surface area (Å²) in [6, 6.07) is 9.70. The smallest absolute Gasteiger partial charge is 0.273 e. The molecule has 0 saturated heterocycles. The van der Waals surface area contributed by atoms with Crippen molar-refractivity contribution in [2.45, 2.75) is 19.8 Å². The van der Waals surface area contributed by atoms with Gasteiger partial charge in [0.15, 0.2) is 0 Å². The van der Waals surface area contributed by atoms with E-state index >= 15 is 0 Å². The lowest BCUT2D eigenvalue weighted by molar-refractivity contribution is 0.0964. The SMILES string of the molecule is CNC(=O)c1ccnc2c(C(C)[C@H](C)CNc3cc(-c4cnc(OC)s4)ncn3)cccc12. The van der Waals surface area contributed by atoms with E-state index in [1.54, 1.807) is 38.9 Å². The summed E-state index contributed by atoms with van der Waals surface area (Å²) in [5.74, 6) is 1.13. The molecular formula is C24H26N6O2S. The number of thiazole rings is 1. The van der Waals surface area contributed by atoms with Crippen LogP contribution in [-0.2, 0) is 0 Å². The van der Waals surface area contributed by atoms with Crippen molar-refractivity contribution in [1.29, 1.82) is 0 Å². The molecule has 170 valence electrons. The molecule has 2 atom stereocenters. The Kier molecular flexibility index (Phi) is 6.79. The van der Waals surface area contributed by atoms with Gasteiger partial charge in [0.05, 0.1) is 35.0 Å². The number of benzene rings is 1. The fraction of sp³-hybridized carbons (Fsp3) is 0.292. The maximum Gasteiger partial charge on any atom is 0.273 e. The van der Waals surface area contributed by atoms with Gasteiger partial charge in [-0.3, -0.25) is 9.78 Å². The van der Waals surface area contributed by atoms with E-state index < -0.39 is 0 Å². The van der Waals surface area contributed by atoms with Crippen molar-refractivity contribution in [3.8, 4) is 15.8 Å². The number of carbonyl (C=O) groups is 1. The molecule has 3 aromatic heterocycles. The summed E-state index contributed by atoms with van der Waals surface area (Å²) in [6.45, 7) is 5.09. The average molecular weight is 463 g/mol. The minimum absolute atomic E-state index is 0.111. The molecular weight excluding hydrogens is 436 g/mol. The quantitative estimate of drug-likeness (QED) is 0.401. The number of pyridine rings is 1. The molecule has 0 aliphatic heterocycles. The first-order chi connectivity index (χ1) is 16.0. The number of rotatable bonds is 8. The summed E-state index contributed by atoms with van der Waals surface area (Å²) >= 11 is 1.44. The normalized spacial score (nSPS) is 12.8. The van der Waals surface area contributed by atoms with E-state index in [9.17, 15) is 4.79 Å². The van der Waals surface area contributed by atoms with E-state index in [4.69, 9.17) is 4.74 Å². The molecule has 0 aliphatic carbocycles. The molecule has 0 radical (unpaired) electrons. The highest BCUT2D eigenvalue weighted by Gasteiger charge is 2.19. The Labute approximate surface area is 196 Å². The van der Waals surface area contributed by atoms with Crippen LogP contribution < -0.4 is 15.4 Å². The summed E-state index contributed by atoms with van der Waals surface area (Å²) in [5.41, 5.74) is 3.42. The highest BCUT2D eigenvalue weighted by Crippen LogP contribution is 2.32. The number of nitrogens with one attached hydrogen (secondary N) is 2. The topological polar surface area (TPSA) is 102 Å². The highest BCUT2D eigenvalue weighted by molar-refractivity contribution is 7.16. The van der Waals surface area contributed by atoms with Crippen LogP contribution in [0.4, 0.5) is 5.82 Å². The van der Waals surface area contributed by atoms with Gasteiger partial charge in [0.1, 0.15) is 12.1 Å². The zero-order valence-corrected chi connectivity index (χ0v) is 19.8. The van der Waals surface area contributed by atoms with Crippen LogP contribution in [0.3, 0.4) is 0 Å². The number of para-hydroxylation sites is 1. The van der Waals surface area contributed by atoms with Crippen molar-refractivity contribution in [2.75, 3.05) is 26.0 Å². The number of nitrogens with zero attached hydrogens (tertiary/aromatic N) is 4. The van der Waals surface area contributed by atoms with Crippen molar-refractivity contribution in [1.82, 2.24) is 25.3 Å². The third-order valence-electron chi connectivity index (χ3n) is 5.80. The summed E-state index contributed by atoms with van der Waals surface area (Å²) < 4.78 is 5.17. The first kappa shape index (κ1) is 22.6. The largest absolute Gasteiger partial charge is 0.473 e. The number of anilines is 1. The zero-order chi connectivity index (χ0) is 23.4. The van der Waals surface area contributed by atoms with Crippen LogP contribution in [0.5, 0.6) is 5.19 Å². The molecule has 3 heterocycles. The Bertz CT molecular complexity index is 1270. The number of carbonyl (C=O) groups excluding carboxylic acids is 1. The summed E-state index contributed by atoms with van der Waals surface area (Å²) in [4.78, 5) is 30.7. The van der Waals surface area contributed by atoms with Gasteiger partial charge >= 0.3 is 0 Å². The number of fused-ring (bicyclic) bond motifs is 1. The van der Waals surface area contributed by atoms with Gasteiger partial charge in [-0.2, -0.15) is 0 Å². The summed E-state index contributed by atoms with van der Waals surface area (Å²) in [6.07, 6.45) is 5.00. The monoisotopic (exact) mass is 462 g/mol. The van der Waals surface area contributed by atoms with Crippen LogP contribution in [0, 0.1) is 5.92 Å². The van der Waals surface area contributed by atoms with Crippen LogP contribution in [-0.4, -0.2) is 46.5 Å². The highest BCUT2D eigenvalue weighted by atomic mass is 32.1. The van der Waals surface area contributed by atoms with E-state index in [1.807, 2.05) is 18.2 Å². The number of hydrogen-bond donors (Lipinski definition) is 2. The average Bonchev–Trinajstić information content (AvgIpc) is 3.35. The molecule has 8 nitrogen and oxygen atoms in total. The molecule has 4 aromatic rings. The lowest BCUT2D eigenvalue weighted by Gasteiger charge is -2.22. The van der Waals surface area contributed by atoms with Crippen molar-refractivity contribution in [3.63, 3.8) is 0 Å². The summed E-state index contributed by atoms with van der Waals surface area (Å²) in [5, 5.41) is 7.60. The molecule has 4 rings (SSSR count). The van der Waals surface area contributed by atoms with E-state index in [1.165, 1.54) is 11.3 Å². The van der Waals surface area contributed by atoms with Crippen LogP contribution in [0.2, 0.25) is 0 Å². The molecule has 9 heteroatoms. The molecule has 1 amide bonds. The molecule has 0 bridgehead atoms. The van der Waals surface area contributed by atoms with E-state index in [0.29, 0.717) is 10.8 Å². The predicted octanol–water partition coefficient (Wildman–Crippen LogP) is 4.37. The Morgan fingerprint density at radius 2 is 2.00 bits per heavy atom. The molecule has 0 saturated carbocycles. The molecule has 1 aromatic carbocycles. The van der Waals surface area contributed by atoms with Gasteiger partial charge in [-0.05, 0) is 23.5 Å². The second-order valence-electron chi connectivity index (χ2n) is 7.81. The lowest BCUT2D eigenvalue weighted by Crippen LogP contribution is -2.19. The number of methoxy groups -OCH3 is 1. The van der Waals surface area contributed by atoms with Gasteiger partial charge in [-0.1, -0.05) is 43.4 Å². The van der Waals surface area contributed by atoms with Crippen molar-refractivity contribution >= 4 is 34.0 Å². The standard InChI is InChI=1S/C24H26N6O2S/c1-14(11-27-21-10-19(29-13-30-21)20-12-28-24(32-4)33-20)15(2)16-6-5-7-17-18(23(31)25-3)8-9-26-22(16)17/h5-10,12-15H,11H2,1-4H3,(H,25,31)(H,27,29,30)/t14-,15?/m1/s1. The van der Waals surface area contributed by atoms with Gasteiger partial charge in [0.25, 0.3) is 11.1 Å². The number of hydrogen-bond acceptors (Lipinski definition) is 8. The summed E-state index contributed by atoms with van der Waals surface area (Å²) in [7, 11) is 3.24. The molecule has 0 fully saturated rings. The fourth-order valence-corrected chi connectivity index (χ4v) is 4.41. The Morgan fingerprint density at radius 3 is 2.76 bits per heavy atom. The van der Waals surface area contributed by atoms with Gasteiger partial charge in [-0.25, -0.2) is 15.0 Å². The van der Waals surface area contributed by atoms with Crippen LogP contribution in [0.1, 0.15) is 35.7 Å². The maximum absolute atomic E-state index is 12.3. The number of amides is 1. The first-order valence-electron chi connectivity index (χ1n) is 10.7. The Morgan fingerprint density at radius 1 is 1.15 bits per heavy atom. The minimum Gasteiger partial charge on any atom is -0.473 e. The fourth-order valence-electron chi connectivity index (χ4n) is 3.71. The first-order valence-corrected chi connectivity index (χ1v) is 11.5. The van der Waals surface area contributed by atoms with Crippen molar-refractivity contribution in [2.24, 2.45) is 5.92 Å². The molecule has 0 aliphatic rings. The molecule has 0 spiro atoms. The minimum atomic E-state index is -0.111. The van der Waals surface area contributed by atoms with Crippen molar-refractivity contribution in [3.05, 3.63) is 60.2 Å². The molecule has 33 heavy (non-hydrogen) atoms. The number of ether oxygens (including phenoxy) is 1.